The van der Waals surface area contributed by atoms with E-state index < -0.39 is 11.6 Å². The van der Waals surface area contributed by atoms with Crippen molar-refractivity contribution in [1.82, 2.24) is 9.55 Å². The summed E-state index contributed by atoms with van der Waals surface area (Å²) in [5, 5.41) is 0. The summed E-state index contributed by atoms with van der Waals surface area (Å²) in [4.78, 5) is 6.00. The minimum atomic E-state index is -0.952. The van der Waals surface area contributed by atoms with Crippen LogP contribution in [0.5, 0.6) is 0 Å². The lowest BCUT2D eigenvalue weighted by Crippen LogP contribution is -2.09. The minimum absolute atomic E-state index is 0.0448. The Labute approximate surface area is 120 Å². The number of benzene rings is 2. The Balaban J connectivity index is 2.32. The van der Waals surface area contributed by atoms with Crippen molar-refractivity contribution in [2.45, 2.75) is 0 Å². The lowest BCUT2D eigenvalue weighted by molar-refractivity contribution is 0.514. The fourth-order valence-electron chi connectivity index (χ4n) is 2.29. The Morgan fingerprint density at radius 2 is 1.90 bits per heavy atom. The summed E-state index contributed by atoms with van der Waals surface area (Å²) in [5.74, 6) is -1.76. The van der Waals surface area contributed by atoms with E-state index in [4.69, 9.17) is 5.73 Å². The van der Waals surface area contributed by atoms with E-state index in [1.807, 2.05) is 37.2 Å². The van der Waals surface area contributed by atoms with Crippen molar-refractivity contribution in [3.8, 4) is 5.69 Å². The number of fused-ring (bicyclic) bond motifs is 1. The predicted octanol–water partition coefficient (Wildman–Crippen LogP) is 2.95. The van der Waals surface area contributed by atoms with E-state index >= 15 is 0 Å². The van der Waals surface area contributed by atoms with Crippen molar-refractivity contribution in [3.05, 3.63) is 48.0 Å². The quantitative estimate of drug-likeness (QED) is 0.788. The molecule has 0 aliphatic heterocycles. The third-order valence-electron chi connectivity index (χ3n) is 3.34. The molecule has 0 aliphatic rings. The molecule has 4 nitrogen and oxygen atoms in total. The molecule has 108 valence electrons. The molecule has 6 heteroatoms. The van der Waals surface area contributed by atoms with Gasteiger partial charge in [0.2, 0.25) is 5.95 Å². The Bertz CT molecular complexity index is 824. The molecule has 1 aromatic heterocycles. The molecule has 0 spiro atoms. The van der Waals surface area contributed by atoms with Gasteiger partial charge in [-0.3, -0.25) is 4.57 Å². The molecule has 0 saturated heterocycles. The van der Waals surface area contributed by atoms with E-state index in [-0.39, 0.29) is 11.5 Å². The third-order valence-corrected chi connectivity index (χ3v) is 3.34. The van der Waals surface area contributed by atoms with Gasteiger partial charge in [-0.2, -0.15) is 0 Å². The lowest BCUT2D eigenvalue weighted by Gasteiger charge is -2.15. The molecule has 2 aromatic carbocycles. The summed E-state index contributed by atoms with van der Waals surface area (Å²) in [5.41, 5.74) is 7.80. The van der Waals surface area contributed by atoms with Crippen LogP contribution in [0.4, 0.5) is 20.4 Å². The largest absolute Gasteiger partial charge is 0.378 e. The van der Waals surface area contributed by atoms with E-state index in [0.29, 0.717) is 11.2 Å². The van der Waals surface area contributed by atoms with Gasteiger partial charge in [0.05, 0.1) is 11.2 Å². The zero-order valence-corrected chi connectivity index (χ0v) is 11.6. The average Bonchev–Trinajstić information content (AvgIpc) is 2.80. The first kappa shape index (κ1) is 13.4. The van der Waals surface area contributed by atoms with Gasteiger partial charge in [0, 0.05) is 19.8 Å². The van der Waals surface area contributed by atoms with Crippen LogP contribution in [0.1, 0.15) is 0 Å². The van der Waals surface area contributed by atoms with Gasteiger partial charge in [0.1, 0.15) is 5.52 Å². The van der Waals surface area contributed by atoms with Crippen LogP contribution in [0.25, 0.3) is 16.7 Å². The van der Waals surface area contributed by atoms with Crippen LogP contribution in [0, 0.1) is 11.6 Å². The second-order valence-electron chi connectivity index (χ2n) is 4.95. The smallest absolute Gasteiger partial charge is 0.206 e. The van der Waals surface area contributed by atoms with E-state index in [0.717, 1.165) is 11.8 Å². The summed E-state index contributed by atoms with van der Waals surface area (Å²) >= 11 is 0. The Hall–Kier alpha value is -2.63. The Morgan fingerprint density at radius 1 is 1.14 bits per heavy atom. The topological polar surface area (TPSA) is 47.1 Å². The maximum absolute atomic E-state index is 14.1. The molecule has 2 N–H and O–H groups in total. The molecular formula is C15H14F2N4. The number of halogens is 2. The molecule has 0 unspecified atom stereocenters. The van der Waals surface area contributed by atoms with Gasteiger partial charge in [0.25, 0.3) is 0 Å². The third kappa shape index (κ3) is 2.08. The Kier molecular flexibility index (Phi) is 3.01. The number of aromatic nitrogens is 2. The molecular weight excluding hydrogens is 274 g/mol. The van der Waals surface area contributed by atoms with E-state index in [2.05, 4.69) is 4.98 Å². The van der Waals surface area contributed by atoms with Gasteiger partial charge in [-0.1, -0.05) is 6.07 Å². The van der Waals surface area contributed by atoms with Crippen LogP contribution in [0.3, 0.4) is 0 Å². The highest BCUT2D eigenvalue weighted by Gasteiger charge is 2.17. The molecule has 0 atom stereocenters. The van der Waals surface area contributed by atoms with E-state index in [1.54, 1.807) is 6.07 Å². The molecule has 21 heavy (non-hydrogen) atoms. The van der Waals surface area contributed by atoms with Crippen LogP contribution in [0.15, 0.2) is 36.4 Å². The first-order valence-electron chi connectivity index (χ1n) is 6.38. The average molecular weight is 288 g/mol. The van der Waals surface area contributed by atoms with Crippen molar-refractivity contribution < 1.29 is 8.78 Å². The second-order valence-corrected chi connectivity index (χ2v) is 4.95. The van der Waals surface area contributed by atoms with Crippen molar-refractivity contribution in [2.24, 2.45) is 0 Å². The zero-order valence-electron chi connectivity index (χ0n) is 11.6. The standard InChI is InChI=1S/C15H14F2N4/c1-20(2)9-4-3-5-10(8-9)21-14-12(19-15(21)18)7-6-11(16)13(14)17/h3-8H,1-2H3,(H2,18,19). The number of nitrogen functional groups attached to an aromatic ring is 1. The number of nitrogens with two attached hydrogens (primary N) is 1. The van der Waals surface area contributed by atoms with Gasteiger partial charge in [-0.05, 0) is 30.3 Å². The normalized spacial score (nSPS) is 11.0. The van der Waals surface area contributed by atoms with E-state index in [1.165, 1.54) is 10.6 Å². The predicted molar refractivity (Wildman–Crippen MR) is 79.7 cm³/mol. The molecule has 0 radical (unpaired) electrons. The minimum Gasteiger partial charge on any atom is -0.378 e. The number of rotatable bonds is 2. The molecule has 3 rings (SSSR count). The first-order chi connectivity index (χ1) is 9.99. The first-order valence-corrected chi connectivity index (χ1v) is 6.38. The molecule has 1 heterocycles. The Morgan fingerprint density at radius 3 is 2.62 bits per heavy atom. The lowest BCUT2D eigenvalue weighted by atomic mass is 10.2. The monoisotopic (exact) mass is 288 g/mol. The maximum Gasteiger partial charge on any atom is 0.206 e. The summed E-state index contributed by atoms with van der Waals surface area (Å²) in [6.45, 7) is 0. The number of imidazole rings is 1. The summed E-state index contributed by atoms with van der Waals surface area (Å²) in [6, 6.07) is 9.81. The SMILES string of the molecule is CN(C)c1cccc(-n2c(N)nc3ccc(F)c(F)c32)c1. The van der Waals surface area contributed by atoms with Crippen LogP contribution in [0.2, 0.25) is 0 Å². The highest BCUT2D eigenvalue weighted by atomic mass is 19.2. The van der Waals surface area contributed by atoms with Crippen LogP contribution >= 0.6 is 0 Å². The summed E-state index contributed by atoms with van der Waals surface area (Å²) in [6.07, 6.45) is 0. The van der Waals surface area contributed by atoms with Crippen molar-refractivity contribution >= 4 is 22.7 Å². The van der Waals surface area contributed by atoms with Gasteiger partial charge in [-0.15, -0.1) is 0 Å². The zero-order chi connectivity index (χ0) is 15.1. The number of hydrogen-bond acceptors (Lipinski definition) is 3. The second kappa shape index (κ2) is 4.73. The molecule has 0 fully saturated rings. The van der Waals surface area contributed by atoms with Crippen LogP contribution < -0.4 is 10.6 Å². The van der Waals surface area contributed by atoms with Crippen LogP contribution in [-0.2, 0) is 0 Å². The van der Waals surface area contributed by atoms with Crippen LogP contribution in [-0.4, -0.2) is 23.6 Å². The summed E-state index contributed by atoms with van der Waals surface area (Å²) < 4.78 is 29.0. The maximum atomic E-state index is 14.1. The highest BCUT2D eigenvalue weighted by molar-refractivity contribution is 5.82. The molecule has 3 aromatic rings. The van der Waals surface area contributed by atoms with Crippen molar-refractivity contribution in [2.75, 3.05) is 24.7 Å². The summed E-state index contributed by atoms with van der Waals surface area (Å²) in [7, 11) is 3.80. The fraction of sp³-hybridized carbons (Fsp3) is 0.133. The van der Waals surface area contributed by atoms with Gasteiger partial charge in [0.15, 0.2) is 11.6 Å². The number of anilines is 2. The fourth-order valence-corrected chi connectivity index (χ4v) is 2.29. The van der Waals surface area contributed by atoms with Gasteiger partial charge >= 0.3 is 0 Å². The molecule has 0 saturated carbocycles. The number of hydrogen-bond donors (Lipinski definition) is 1. The molecule has 0 bridgehead atoms. The highest BCUT2D eigenvalue weighted by Crippen LogP contribution is 2.28. The van der Waals surface area contributed by atoms with Gasteiger partial charge < -0.3 is 10.6 Å². The van der Waals surface area contributed by atoms with E-state index in [9.17, 15) is 8.78 Å². The molecule has 0 aliphatic carbocycles. The number of nitrogens with zero attached hydrogens (tertiary/aromatic N) is 3. The van der Waals surface area contributed by atoms with Crippen molar-refractivity contribution in [3.63, 3.8) is 0 Å². The van der Waals surface area contributed by atoms with Crippen molar-refractivity contribution in [1.29, 1.82) is 0 Å². The molecule has 0 amide bonds. The van der Waals surface area contributed by atoms with Gasteiger partial charge in [-0.25, -0.2) is 13.8 Å².